The fourth-order valence-corrected chi connectivity index (χ4v) is 2.21. The molecule has 2 aromatic carbocycles. The molecule has 0 aromatic heterocycles. The number of benzene rings is 2. The number of hydrogen-bond donors (Lipinski definition) is 0. The zero-order valence-electron chi connectivity index (χ0n) is 9.64. The van der Waals surface area contributed by atoms with Crippen molar-refractivity contribution in [1.82, 2.24) is 0 Å². The van der Waals surface area contributed by atoms with Crippen molar-refractivity contribution in [3.05, 3.63) is 51.2 Å². The summed E-state index contributed by atoms with van der Waals surface area (Å²) in [5, 5.41) is 0.403. The molecule has 0 radical (unpaired) electrons. The fourth-order valence-electron chi connectivity index (χ4n) is 1.61. The molecule has 1 nitrogen and oxygen atoms in total. The first-order chi connectivity index (χ1) is 9.38. The summed E-state index contributed by atoms with van der Waals surface area (Å²) in [7, 11) is 0. The van der Waals surface area contributed by atoms with E-state index in [4.69, 9.17) is 34.8 Å². The standard InChI is InChI=1S/C13H6Cl3F3O/c14-9-3-6(4-10(15)12(9)16)8-5-7(20-13(18)19)1-2-11(8)17/h1-5,13H. The van der Waals surface area contributed by atoms with Gasteiger partial charge in [0.15, 0.2) is 0 Å². The molecule has 0 saturated heterocycles. The third-order valence-electron chi connectivity index (χ3n) is 2.46. The molecule has 0 heterocycles. The Morgan fingerprint density at radius 1 is 0.950 bits per heavy atom. The Hall–Kier alpha value is -1.10. The second-order valence-corrected chi connectivity index (χ2v) is 4.97. The van der Waals surface area contributed by atoms with Gasteiger partial charge in [0.2, 0.25) is 0 Å². The third kappa shape index (κ3) is 3.32. The monoisotopic (exact) mass is 340 g/mol. The van der Waals surface area contributed by atoms with E-state index in [9.17, 15) is 13.2 Å². The lowest BCUT2D eigenvalue weighted by Crippen LogP contribution is -2.02. The molecule has 0 spiro atoms. The lowest BCUT2D eigenvalue weighted by molar-refractivity contribution is -0.0498. The van der Waals surface area contributed by atoms with Crippen molar-refractivity contribution in [3.8, 4) is 16.9 Å². The van der Waals surface area contributed by atoms with E-state index in [-0.39, 0.29) is 26.4 Å². The maximum absolute atomic E-state index is 13.8. The summed E-state index contributed by atoms with van der Waals surface area (Å²) in [6.45, 7) is -2.99. The van der Waals surface area contributed by atoms with E-state index in [1.54, 1.807) is 0 Å². The van der Waals surface area contributed by atoms with Crippen LogP contribution in [0.1, 0.15) is 0 Å². The molecule has 0 aliphatic rings. The van der Waals surface area contributed by atoms with E-state index in [0.29, 0.717) is 5.56 Å². The molecule has 7 heteroatoms. The third-order valence-corrected chi connectivity index (χ3v) is 3.65. The molecule has 0 fully saturated rings. The van der Waals surface area contributed by atoms with E-state index in [0.717, 1.165) is 18.2 Å². The molecule has 2 rings (SSSR count). The first kappa shape index (κ1) is 15.3. The van der Waals surface area contributed by atoms with Gasteiger partial charge in [0.05, 0.1) is 15.1 Å². The summed E-state index contributed by atoms with van der Waals surface area (Å²) in [5.41, 5.74) is 0.338. The molecule has 0 saturated carbocycles. The van der Waals surface area contributed by atoms with Gasteiger partial charge in [-0.05, 0) is 35.9 Å². The summed E-state index contributed by atoms with van der Waals surface area (Å²) >= 11 is 17.5. The predicted octanol–water partition coefficient (Wildman–Crippen LogP) is 6.05. The van der Waals surface area contributed by atoms with E-state index >= 15 is 0 Å². The van der Waals surface area contributed by atoms with Crippen LogP contribution in [0.5, 0.6) is 5.75 Å². The molecule has 0 N–H and O–H groups in total. The lowest BCUT2D eigenvalue weighted by atomic mass is 10.0. The van der Waals surface area contributed by atoms with Gasteiger partial charge in [-0.25, -0.2) is 4.39 Å². The van der Waals surface area contributed by atoms with Crippen molar-refractivity contribution < 1.29 is 17.9 Å². The van der Waals surface area contributed by atoms with Gasteiger partial charge < -0.3 is 4.74 Å². The van der Waals surface area contributed by atoms with E-state index in [1.807, 2.05) is 0 Å². The highest BCUT2D eigenvalue weighted by molar-refractivity contribution is 6.48. The van der Waals surface area contributed by atoms with Crippen LogP contribution in [0.4, 0.5) is 13.2 Å². The average Bonchev–Trinajstić information content (AvgIpc) is 2.37. The van der Waals surface area contributed by atoms with Crippen LogP contribution in [0.2, 0.25) is 15.1 Å². The minimum Gasteiger partial charge on any atom is -0.435 e. The van der Waals surface area contributed by atoms with Crippen LogP contribution < -0.4 is 4.74 Å². The van der Waals surface area contributed by atoms with Gasteiger partial charge in [0.1, 0.15) is 11.6 Å². The molecule has 0 aliphatic carbocycles. The molecule has 0 unspecified atom stereocenters. The second-order valence-electron chi connectivity index (χ2n) is 3.77. The minimum atomic E-state index is -2.99. The van der Waals surface area contributed by atoms with Gasteiger partial charge in [-0.2, -0.15) is 8.78 Å². The predicted molar refractivity (Wildman–Crippen MR) is 73.5 cm³/mol. The van der Waals surface area contributed by atoms with Crippen molar-refractivity contribution in [2.45, 2.75) is 6.61 Å². The van der Waals surface area contributed by atoms with Crippen LogP contribution in [0.15, 0.2) is 30.3 Å². The van der Waals surface area contributed by atoms with Gasteiger partial charge >= 0.3 is 6.61 Å². The minimum absolute atomic E-state index is 0.0311. The number of hydrogen-bond acceptors (Lipinski definition) is 1. The van der Waals surface area contributed by atoms with Crippen molar-refractivity contribution in [2.24, 2.45) is 0 Å². The molecule has 0 bridgehead atoms. The second kappa shape index (κ2) is 6.12. The molecule has 0 aliphatic heterocycles. The van der Waals surface area contributed by atoms with E-state index in [1.165, 1.54) is 12.1 Å². The average molecular weight is 342 g/mol. The van der Waals surface area contributed by atoms with Gasteiger partial charge in [-0.15, -0.1) is 0 Å². The largest absolute Gasteiger partial charge is 0.435 e. The van der Waals surface area contributed by atoms with Crippen molar-refractivity contribution in [1.29, 1.82) is 0 Å². The normalized spacial score (nSPS) is 10.9. The Morgan fingerprint density at radius 3 is 2.10 bits per heavy atom. The Labute approximate surface area is 127 Å². The number of alkyl halides is 2. The summed E-state index contributed by atoms with van der Waals surface area (Å²) in [6, 6.07) is 6.03. The highest BCUT2D eigenvalue weighted by atomic mass is 35.5. The van der Waals surface area contributed by atoms with Crippen molar-refractivity contribution in [3.63, 3.8) is 0 Å². The molecule has 0 amide bonds. The quantitative estimate of drug-likeness (QED) is 0.617. The molecule has 20 heavy (non-hydrogen) atoms. The van der Waals surface area contributed by atoms with Crippen molar-refractivity contribution in [2.75, 3.05) is 0 Å². The van der Waals surface area contributed by atoms with Crippen molar-refractivity contribution >= 4 is 34.8 Å². The fraction of sp³-hybridized carbons (Fsp3) is 0.0769. The Kier molecular flexibility index (Phi) is 4.68. The summed E-state index contributed by atoms with van der Waals surface area (Å²) in [6.07, 6.45) is 0. The van der Waals surface area contributed by atoms with Gasteiger partial charge in [-0.1, -0.05) is 34.8 Å². The van der Waals surface area contributed by atoms with Crippen LogP contribution in [0.3, 0.4) is 0 Å². The maximum atomic E-state index is 13.8. The van der Waals surface area contributed by atoms with Crippen LogP contribution in [-0.2, 0) is 0 Å². The Balaban J connectivity index is 2.51. The SMILES string of the molecule is Fc1ccc(OC(F)F)cc1-c1cc(Cl)c(Cl)c(Cl)c1. The topological polar surface area (TPSA) is 9.23 Å². The Morgan fingerprint density at radius 2 is 1.55 bits per heavy atom. The number of rotatable bonds is 3. The molecule has 106 valence electrons. The van der Waals surface area contributed by atoms with E-state index < -0.39 is 12.4 Å². The molecule has 0 atom stereocenters. The van der Waals surface area contributed by atoms with E-state index in [2.05, 4.69) is 4.74 Å². The van der Waals surface area contributed by atoms with Crippen LogP contribution in [0.25, 0.3) is 11.1 Å². The lowest BCUT2D eigenvalue weighted by Gasteiger charge is -2.10. The molecular weight excluding hydrogens is 335 g/mol. The summed E-state index contributed by atoms with van der Waals surface area (Å²) in [5.74, 6) is -0.792. The van der Waals surface area contributed by atoms with Crippen LogP contribution in [0, 0.1) is 5.82 Å². The molecule has 2 aromatic rings. The van der Waals surface area contributed by atoms with Gasteiger partial charge in [0.25, 0.3) is 0 Å². The van der Waals surface area contributed by atoms with Gasteiger partial charge in [-0.3, -0.25) is 0 Å². The smallest absolute Gasteiger partial charge is 0.387 e. The van der Waals surface area contributed by atoms with Crippen LogP contribution >= 0.6 is 34.8 Å². The first-order valence-corrected chi connectivity index (χ1v) is 6.41. The highest BCUT2D eigenvalue weighted by Gasteiger charge is 2.13. The highest BCUT2D eigenvalue weighted by Crippen LogP contribution is 2.37. The van der Waals surface area contributed by atoms with Gasteiger partial charge in [0, 0.05) is 5.56 Å². The maximum Gasteiger partial charge on any atom is 0.387 e. The van der Waals surface area contributed by atoms with Crippen LogP contribution in [-0.4, -0.2) is 6.61 Å². The first-order valence-electron chi connectivity index (χ1n) is 5.27. The zero-order chi connectivity index (χ0) is 14.9. The number of halogens is 6. The number of ether oxygens (including phenoxy) is 1. The Bertz CT molecular complexity index is 624. The summed E-state index contributed by atoms with van der Waals surface area (Å²) < 4.78 is 42.3. The molecular formula is C13H6Cl3F3O. The zero-order valence-corrected chi connectivity index (χ0v) is 11.9. The summed E-state index contributed by atoms with van der Waals surface area (Å²) in [4.78, 5) is 0.